The Morgan fingerprint density at radius 1 is 1.30 bits per heavy atom. The Bertz CT molecular complexity index is 537. The number of benzene rings is 1. The highest BCUT2D eigenvalue weighted by molar-refractivity contribution is 7.91. The first kappa shape index (κ1) is 16.7. The van der Waals surface area contributed by atoms with E-state index in [0.717, 1.165) is 5.56 Å². The molecule has 0 saturated heterocycles. The molecule has 1 N–H and O–H groups in total. The van der Waals surface area contributed by atoms with E-state index >= 15 is 0 Å². The van der Waals surface area contributed by atoms with E-state index in [9.17, 15) is 13.2 Å². The lowest BCUT2D eigenvalue weighted by Gasteiger charge is -2.14. The van der Waals surface area contributed by atoms with Gasteiger partial charge in [-0.15, -0.1) is 0 Å². The predicted molar refractivity (Wildman–Crippen MR) is 77.2 cm³/mol. The standard InChI is InChI=1S/C14H21NO4S/c1-4-20(17,18)13-7-5-12(6-8-13)11(2)15-14(16)9-10-19-3/h5-8,11H,4,9-10H2,1-3H3,(H,15,16)/t11-/m0/s1. The molecule has 1 atom stereocenters. The molecule has 0 unspecified atom stereocenters. The average molecular weight is 299 g/mol. The number of hydrogen-bond donors (Lipinski definition) is 1. The maximum absolute atomic E-state index is 11.7. The van der Waals surface area contributed by atoms with Crippen molar-refractivity contribution in [3.8, 4) is 0 Å². The minimum Gasteiger partial charge on any atom is -0.384 e. The van der Waals surface area contributed by atoms with Crippen molar-refractivity contribution in [2.75, 3.05) is 19.5 Å². The summed E-state index contributed by atoms with van der Waals surface area (Å²) in [6.07, 6.45) is 0.309. The molecule has 0 aromatic heterocycles. The Kier molecular flexibility index (Phi) is 6.16. The Labute approximate surface area is 120 Å². The fourth-order valence-corrected chi connectivity index (χ4v) is 2.61. The van der Waals surface area contributed by atoms with Crippen LogP contribution < -0.4 is 5.32 Å². The van der Waals surface area contributed by atoms with Crippen molar-refractivity contribution < 1.29 is 17.9 Å². The molecular formula is C14H21NO4S. The molecule has 6 heteroatoms. The highest BCUT2D eigenvalue weighted by Gasteiger charge is 2.13. The molecular weight excluding hydrogens is 278 g/mol. The second kappa shape index (κ2) is 7.40. The lowest BCUT2D eigenvalue weighted by atomic mass is 10.1. The summed E-state index contributed by atoms with van der Waals surface area (Å²) in [6, 6.07) is 6.43. The monoisotopic (exact) mass is 299 g/mol. The first-order valence-electron chi connectivity index (χ1n) is 6.51. The molecule has 20 heavy (non-hydrogen) atoms. The van der Waals surface area contributed by atoms with Crippen LogP contribution in [0, 0.1) is 0 Å². The van der Waals surface area contributed by atoms with E-state index in [1.807, 2.05) is 6.92 Å². The van der Waals surface area contributed by atoms with E-state index in [4.69, 9.17) is 4.74 Å². The third-order valence-electron chi connectivity index (χ3n) is 3.03. The summed E-state index contributed by atoms with van der Waals surface area (Å²) in [6.45, 7) is 3.85. The molecule has 0 heterocycles. The number of sulfone groups is 1. The first-order chi connectivity index (χ1) is 9.40. The maximum Gasteiger partial charge on any atom is 0.222 e. The molecule has 0 aliphatic rings. The van der Waals surface area contributed by atoms with Gasteiger partial charge in [0.2, 0.25) is 5.91 Å². The van der Waals surface area contributed by atoms with Crippen LogP contribution in [0.3, 0.4) is 0 Å². The molecule has 0 radical (unpaired) electrons. The van der Waals surface area contributed by atoms with E-state index in [-0.39, 0.29) is 17.7 Å². The fourth-order valence-electron chi connectivity index (χ4n) is 1.72. The van der Waals surface area contributed by atoms with E-state index in [0.29, 0.717) is 17.9 Å². The predicted octanol–water partition coefficient (Wildman–Crippen LogP) is 1.69. The lowest BCUT2D eigenvalue weighted by Crippen LogP contribution is -2.27. The lowest BCUT2D eigenvalue weighted by molar-refractivity contribution is -0.122. The summed E-state index contributed by atoms with van der Waals surface area (Å²) in [7, 11) is -1.63. The summed E-state index contributed by atoms with van der Waals surface area (Å²) in [5, 5.41) is 2.83. The topological polar surface area (TPSA) is 72.5 Å². The Morgan fingerprint density at radius 2 is 1.90 bits per heavy atom. The van der Waals surface area contributed by atoms with Crippen molar-refractivity contribution in [2.45, 2.75) is 31.2 Å². The molecule has 112 valence electrons. The molecule has 5 nitrogen and oxygen atoms in total. The van der Waals surface area contributed by atoms with Gasteiger partial charge in [-0.3, -0.25) is 4.79 Å². The van der Waals surface area contributed by atoms with Crippen LogP contribution in [0.15, 0.2) is 29.2 Å². The Hall–Kier alpha value is -1.40. The zero-order valence-electron chi connectivity index (χ0n) is 12.0. The summed E-state index contributed by atoms with van der Waals surface area (Å²) < 4.78 is 28.2. The van der Waals surface area contributed by atoms with Crippen LogP contribution >= 0.6 is 0 Å². The van der Waals surface area contributed by atoms with Crippen LogP contribution in [0.25, 0.3) is 0 Å². The zero-order valence-corrected chi connectivity index (χ0v) is 12.9. The van der Waals surface area contributed by atoms with Gasteiger partial charge in [0.25, 0.3) is 0 Å². The highest BCUT2D eigenvalue weighted by Crippen LogP contribution is 2.17. The summed E-state index contributed by atoms with van der Waals surface area (Å²) in [5.74, 6) is -0.0139. The van der Waals surface area contributed by atoms with Gasteiger partial charge in [-0.2, -0.15) is 0 Å². The maximum atomic E-state index is 11.7. The van der Waals surface area contributed by atoms with Crippen LogP contribution in [0.2, 0.25) is 0 Å². The van der Waals surface area contributed by atoms with Gasteiger partial charge in [-0.05, 0) is 24.6 Å². The first-order valence-corrected chi connectivity index (χ1v) is 8.17. The van der Waals surface area contributed by atoms with Crippen molar-refractivity contribution in [2.24, 2.45) is 0 Å². The molecule has 0 saturated carbocycles. The van der Waals surface area contributed by atoms with Gasteiger partial charge in [0, 0.05) is 13.5 Å². The smallest absolute Gasteiger partial charge is 0.222 e. The van der Waals surface area contributed by atoms with E-state index < -0.39 is 9.84 Å². The van der Waals surface area contributed by atoms with Gasteiger partial charge in [-0.1, -0.05) is 19.1 Å². The number of carbonyl (C=O) groups is 1. The van der Waals surface area contributed by atoms with Crippen LogP contribution in [-0.4, -0.2) is 33.8 Å². The van der Waals surface area contributed by atoms with Crippen LogP contribution in [0.4, 0.5) is 0 Å². The van der Waals surface area contributed by atoms with Crippen molar-refractivity contribution in [3.05, 3.63) is 29.8 Å². The average Bonchev–Trinajstić information content (AvgIpc) is 2.45. The van der Waals surface area contributed by atoms with Crippen LogP contribution in [0.5, 0.6) is 0 Å². The van der Waals surface area contributed by atoms with Gasteiger partial charge in [0.15, 0.2) is 9.84 Å². The Balaban J connectivity index is 2.71. The third-order valence-corrected chi connectivity index (χ3v) is 4.78. The highest BCUT2D eigenvalue weighted by atomic mass is 32.2. The fraction of sp³-hybridized carbons (Fsp3) is 0.500. The van der Waals surface area contributed by atoms with E-state index in [1.54, 1.807) is 38.3 Å². The summed E-state index contributed by atoms with van der Waals surface area (Å²) in [5.41, 5.74) is 0.866. The number of hydrogen-bond acceptors (Lipinski definition) is 4. The Morgan fingerprint density at radius 3 is 2.40 bits per heavy atom. The molecule has 0 fully saturated rings. The quantitative estimate of drug-likeness (QED) is 0.831. The van der Waals surface area contributed by atoms with Gasteiger partial charge in [0.1, 0.15) is 0 Å². The van der Waals surface area contributed by atoms with Gasteiger partial charge in [-0.25, -0.2) is 8.42 Å². The van der Waals surface area contributed by atoms with Crippen molar-refractivity contribution in [1.82, 2.24) is 5.32 Å². The molecule has 1 aromatic carbocycles. The van der Waals surface area contributed by atoms with Gasteiger partial charge >= 0.3 is 0 Å². The van der Waals surface area contributed by atoms with Gasteiger partial charge < -0.3 is 10.1 Å². The number of ether oxygens (including phenoxy) is 1. The number of rotatable bonds is 7. The second-order valence-corrected chi connectivity index (χ2v) is 6.78. The molecule has 0 spiro atoms. The zero-order chi connectivity index (χ0) is 15.2. The molecule has 0 aliphatic carbocycles. The normalized spacial score (nSPS) is 12.9. The SMILES string of the molecule is CCS(=O)(=O)c1ccc([C@H](C)NC(=O)CCOC)cc1. The molecule has 1 amide bonds. The van der Waals surface area contributed by atoms with Crippen LogP contribution in [0.1, 0.15) is 31.9 Å². The number of nitrogens with one attached hydrogen (secondary N) is 1. The number of methoxy groups -OCH3 is 1. The minimum absolute atomic E-state index is 0.0790. The number of carbonyl (C=O) groups excluding carboxylic acids is 1. The molecule has 1 rings (SSSR count). The minimum atomic E-state index is -3.18. The third kappa shape index (κ3) is 4.61. The van der Waals surface area contributed by atoms with E-state index in [1.165, 1.54) is 0 Å². The molecule has 0 aliphatic heterocycles. The largest absolute Gasteiger partial charge is 0.384 e. The second-order valence-electron chi connectivity index (χ2n) is 4.50. The molecule has 0 bridgehead atoms. The summed E-state index contributed by atoms with van der Waals surface area (Å²) in [4.78, 5) is 11.9. The van der Waals surface area contributed by atoms with Crippen molar-refractivity contribution >= 4 is 15.7 Å². The van der Waals surface area contributed by atoms with Crippen molar-refractivity contribution in [3.63, 3.8) is 0 Å². The van der Waals surface area contributed by atoms with Crippen LogP contribution in [-0.2, 0) is 19.4 Å². The molecule has 1 aromatic rings. The summed E-state index contributed by atoms with van der Waals surface area (Å²) >= 11 is 0. The van der Waals surface area contributed by atoms with Crippen molar-refractivity contribution in [1.29, 1.82) is 0 Å². The van der Waals surface area contributed by atoms with E-state index in [2.05, 4.69) is 5.32 Å². The number of amides is 1. The van der Waals surface area contributed by atoms with Gasteiger partial charge in [0.05, 0.1) is 23.3 Å².